The van der Waals surface area contributed by atoms with Crippen LogP contribution in [0.1, 0.15) is 16.7 Å². The Kier molecular flexibility index (Phi) is 3.87. The average Bonchev–Trinajstić information content (AvgIpc) is 2.93. The Hall–Kier alpha value is -2.94. The Labute approximate surface area is 154 Å². The number of hydrogen-bond donors (Lipinski definition) is 0. The normalized spacial score (nSPS) is 11.3. The van der Waals surface area contributed by atoms with E-state index in [4.69, 9.17) is 4.98 Å². The molecule has 0 aliphatic carbocycles. The Morgan fingerprint density at radius 2 is 1.69 bits per heavy atom. The molecule has 3 nitrogen and oxygen atoms in total. The maximum absolute atomic E-state index is 5.00. The van der Waals surface area contributed by atoms with Gasteiger partial charge >= 0.3 is 0 Å². The highest BCUT2D eigenvalue weighted by Crippen LogP contribution is 2.32. The third kappa shape index (κ3) is 2.51. The van der Waals surface area contributed by atoms with Crippen LogP contribution in [0.5, 0.6) is 0 Å². The molecule has 0 unspecified atom stereocenters. The van der Waals surface area contributed by atoms with Crippen molar-refractivity contribution >= 4 is 11.0 Å². The Morgan fingerprint density at radius 3 is 2.46 bits per heavy atom. The lowest BCUT2D eigenvalue weighted by atomic mass is 9.99. The predicted molar refractivity (Wildman–Crippen MR) is 107 cm³/mol. The van der Waals surface area contributed by atoms with Crippen LogP contribution < -0.4 is 4.57 Å². The lowest BCUT2D eigenvalue weighted by Gasteiger charge is -2.10. The van der Waals surface area contributed by atoms with E-state index in [9.17, 15) is 0 Å². The number of nitrogens with zero attached hydrogens (tertiary/aromatic N) is 3. The standard InChI is InChI=1S/C23H24N3/c1-15-13-16(2)22-21(14-15)26(5)23(24-22)19-10-8-9-18(17(19)3)20-11-6-7-12-25(20)4/h6-14H,1-5H3/q+1. The molecule has 0 fully saturated rings. The second kappa shape index (κ2) is 6.10. The molecule has 0 saturated carbocycles. The highest BCUT2D eigenvalue weighted by atomic mass is 15.1. The summed E-state index contributed by atoms with van der Waals surface area (Å²) in [6, 6.07) is 17.2. The van der Waals surface area contributed by atoms with Gasteiger partial charge in [-0.1, -0.05) is 18.2 Å². The molecule has 0 N–H and O–H groups in total. The first kappa shape index (κ1) is 16.5. The zero-order chi connectivity index (χ0) is 18.4. The molecule has 26 heavy (non-hydrogen) atoms. The van der Waals surface area contributed by atoms with Gasteiger partial charge in [0.1, 0.15) is 12.9 Å². The molecule has 2 aromatic carbocycles. The van der Waals surface area contributed by atoms with Crippen molar-refractivity contribution in [2.45, 2.75) is 20.8 Å². The van der Waals surface area contributed by atoms with Crippen LogP contribution in [0.3, 0.4) is 0 Å². The van der Waals surface area contributed by atoms with Crippen LogP contribution >= 0.6 is 0 Å². The Morgan fingerprint density at radius 1 is 0.923 bits per heavy atom. The lowest BCUT2D eigenvalue weighted by Crippen LogP contribution is -2.30. The van der Waals surface area contributed by atoms with Crippen LogP contribution in [0.4, 0.5) is 0 Å². The first-order valence-corrected chi connectivity index (χ1v) is 8.96. The van der Waals surface area contributed by atoms with Gasteiger partial charge in [0.05, 0.1) is 11.0 Å². The summed E-state index contributed by atoms with van der Waals surface area (Å²) < 4.78 is 4.38. The van der Waals surface area contributed by atoms with E-state index in [0.29, 0.717) is 0 Å². The molecule has 3 heteroatoms. The molecule has 0 saturated heterocycles. The van der Waals surface area contributed by atoms with Gasteiger partial charge in [-0.25, -0.2) is 9.55 Å². The van der Waals surface area contributed by atoms with E-state index in [1.165, 1.54) is 39.0 Å². The molecule has 0 aliphatic rings. The first-order chi connectivity index (χ1) is 12.5. The quantitative estimate of drug-likeness (QED) is 0.486. The number of fused-ring (bicyclic) bond motifs is 1. The van der Waals surface area contributed by atoms with E-state index in [-0.39, 0.29) is 0 Å². The summed E-state index contributed by atoms with van der Waals surface area (Å²) >= 11 is 0. The van der Waals surface area contributed by atoms with Gasteiger partial charge in [0.2, 0.25) is 5.69 Å². The van der Waals surface area contributed by atoms with Gasteiger partial charge in [-0.2, -0.15) is 0 Å². The number of rotatable bonds is 2. The van der Waals surface area contributed by atoms with Crippen molar-refractivity contribution in [2.75, 3.05) is 0 Å². The minimum Gasteiger partial charge on any atom is -0.327 e. The topological polar surface area (TPSA) is 21.7 Å². The fourth-order valence-corrected chi connectivity index (χ4v) is 3.83. The van der Waals surface area contributed by atoms with Crippen molar-refractivity contribution in [3.63, 3.8) is 0 Å². The highest BCUT2D eigenvalue weighted by molar-refractivity contribution is 5.85. The van der Waals surface area contributed by atoms with E-state index in [1.807, 2.05) is 0 Å². The molecule has 0 aliphatic heterocycles. The number of benzene rings is 2. The molecule has 130 valence electrons. The Bertz CT molecular complexity index is 1140. The molecule has 0 atom stereocenters. The molecule has 2 aromatic heterocycles. The van der Waals surface area contributed by atoms with Crippen molar-refractivity contribution in [1.29, 1.82) is 0 Å². The maximum Gasteiger partial charge on any atom is 0.212 e. The second-order valence-electron chi connectivity index (χ2n) is 7.12. The minimum atomic E-state index is 1.02. The lowest BCUT2D eigenvalue weighted by molar-refractivity contribution is -0.660. The zero-order valence-corrected chi connectivity index (χ0v) is 16.0. The molecule has 0 radical (unpaired) electrons. The van der Waals surface area contributed by atoms with Crippen LogP contribution in [-0.2, 0) is 14.1 Å². The Balaban J connectivity index is 1.97. The second-order valence-corrected chi connectivity index (χ2v) is 7.12. The summed E-state index contributed by atoms with van der Waals surface area (Å²) in [5, 5.41) is 0. The summed E-state index contributed by atoms with van der Waals surface area (Å²) in [6.07, 6.45) is 2.09. The fraction of sp³-hybridized carbons (Fsp3) is 0.217. The van der Waals surface area contributed by atoms with Crippen molar-refractivity contribution in [2.24, 2.45) is 14.1 Å². The van der Waals surface area contributed by atoms with Crippen LogP contribution in [-0.4, -0.2) is 9.55 Å². The van der Waals surface area contributed by atoms with E-state index in [2.05, 4.69) is 98.7 Å². The van der Waals surface area contributed by atoms with Gasteiger partial charge in [-0.3, -0.25) is 0 Å². The van der Waals surface area contributed by atoms with Crippen LogP contribution in [0, 0.1) is 20.8 Å². The van der Waals surface area contributed by atoms with Gasteiger partial charge in [-0.05, 0) is 55.7 Å². The summed E-state index contributed by atoms with van der Waals surface area (Å²) in [6.45, 7) is 6.47. The van der Waals surface area contributed by atoms with Crippen LogP contribution in [0.15, 0.2) is 54.7 Å². The van der Waals surface area contributed by atoms with Crippen LogP contribution in [0.25, 0.3) is 33.7 Å². The summed E-state index contributed by atoms with van der Waals surface area (Å²) in [7, 11) is 4.20. The van der Waals surface area contributed by atoms with Gasteiger partial charge in [0.25, 0.3) is 0 Å². The molecule has 0 spiro atoms. The summed E-state index contributed by atoms with van der Waals surface area (Å²) in [4.78, 5) is 5.00. The van der Waals surface area contributed by atoms with Gasteiger partial charge in [-0.15, -0.1) is 0 Å². The molecule has 0 amide bonds. The fourth-order valence-electron chi connectivity index (χ4n) is 3.83. The van der Waals surface area contributed by atoms with E-state index in [0.717, 1.165) is 11.3 Å². The maximum atomic E-state index is 5.00. The van der Waals surface area contributed by atoms with Crippen LogP contribution in [0.2, 0.25) is 0 Å². The molecule has 4 aromatic rings. The number of pyridine rings is 1. The van der Waals surface area contributed by atoms with E-state index >= 15 is 0 Å². The molecule has 0 bridgehead atoms. The van der Waals surface area contributed by atoms with E-state index < -0.39 is 0 Å². The molecule has 2 heterocycles. The van der Waals surface area contributed by atoms with E-state index in [1.54, 1.807) is 0 Å². The smallest absolute Gasteiger partial charge is 0.212 e. The average molecular weight is 342 g/mol. The zero-order valence-electron chi connectivity index (χ0n) is 16.0. The summed E-state index contributed by atoms with van der Waals surface area (Å²) in [5.41, 5.74) is 9.65. The van der Waals surface area contributed by atoms with Gasteiger partial charge < -0.3 is 4.57 Å². The molecular weight excluding hydrogens is 318 g/mol. The minimum absolute atomic E-state index is 1.02. The highest BCUT2D eigenvalue weighted by Gasteiger charge is 2.18. The van der Waals surface area contributed by atoms with Crippen molar-refractivity contribution < 1.29 is 4.57 Å². The molecular formula is C23H24N3+. The third-order valence-corrected chi connectivity index (χ3v) is 5.23. The molecule has 4 rings (SSSR count). The monoisotopic (exact) mass is 342 g/mol. The number of aryl methyl sites for hydroxylation is 4. The predicted octanol–water partition coefficient (Wildman–Crippen LogP) is 4.66. The number of aromatic nitrogens is 3. The summed E-state index contributed by atoms with van der Waals surface area (Å²) in [5.74, 6) is 1.02. The third-order valence-electron chi connectivity index (χ3n) is 5.23. The number of hydrogen-bond acceptors (Lipinski definition) is 1. The van der Waals surface area contributed by atoms with Crippen molar-refractivity contribution in [3.05, 3.63) is 71.4 Å². The van der Waals surface area contributed by atoms with Crippen molar-refractivity contribution in [1.82, 2.24) is 9.55 Å². The SMILES string of the molecule is Cc1cc(C)c2nc(-c3cccc(-c4cccc[n+]4C)c3C)n(C)c2c1. The van der Waals surface area contributed by atoms with Gasteiger partial charge in [0, 0.05) is 30.3 Å². The largest absolute Gasteiger partial charge is 0.327 e. The van der Waals surface area contributed by atoms with Crippen molar-refractivity contribution in [3.8, 4) is 22.6 Å². The van der Waals surface area contributed by atoms with Gasteiger partial charge in [0.15, 0.2) is 6.20 Å². The number of imidazole rings is 1. The first-order valence-electron chi connectivity index (χ1n) is 8.96.